The Balaban J connectivity index is 2.03. The summed E-state index contributed by atoms with van der Waals surface area (Å²) in [4.78, 5) is 14.0. The predicted octanol–water partition coefficient (Wildman–Crippen LogP) is 5.71. The molecule has 4 nitrogen and oxygen atoms in total. The van der Waals surface area contributed by atoms with Gasteiger partial charge >= 0.3 is 0 Å². The molecule has 0 spiro atoms. The summed E-state index contributed by atoms with van der Waals surface area (Å²) in [6.45, 7) is 1.21. The minimum absolute atomic E-state index is 0.0501. The van der Waals surface area contributed by atoms with Crippen LogP contribution in [-0.4, -0.2) is 35.2 Å². The second-order valence-electron chi connectivity index (χ2n) is 6.89. The van der Waals surface area contributed by atoms with E-state index < -0.39 is 24.8 Å². The lowest BCUT2D eigenvalue weighted by atomic mass is 9.98. The van der Waals surface area contributed by atoms with Gasteiger partial charge in [0.15, 0.2) is 5.82 Å². The minimum atomic E-state index is -2.63. The van der Waals surface area contributed by atoms with Gasteiger partial charge in [0.2, 0.25) is 0 Å². The Kier molecular flexibility index (Phi) is 5.70. The Labute approximate surface area is 174 Å². The molecule has 29 heavy (non-hydrogen) atoms. The summed E-state index contributed by atoms with van der Waals surface area (Å²) in [5, 5.41) is 0.232. The highest BCUT2D eigenvalue weighted by atomic mass is 35.5. The highest BCUT2D eigenvalue weighted by Gasteiger charge is 2.35. The number of rotatable bonds is 5. The van der Waals surface area contributed by atoms with Crippen LogP contribution in [0.25, 0.3) is 10.9 Å². The van der Waals surface area contributed by atoms with Crippen LogP contribution in [0.2, 0.25) is 5.02 Å². The molecular weight excluding hydrogens is 428 g/mol. The molecule has 0 fully saturated rings. The molecule has 0 saturated carbocycles. The van der Waals surface area contributed by atoms with Gasteiger partial charge in [0.25, 0.3) is 6.43 Å². The molecule has 1 aromatic heterocycles. The van der Waals surface area contributed by atoms with Gasteiger partial charge in [-0.2, -0.15) is 3.89 Å². The van der Waals surface area contributed by atoms with E-state index in [2.05, 4.69) is 15.0 Å². The first kappa shape index (κ1) is 20.4. The van der Waals surface area contributed by atoms with Crippen LogP contribution in [0.5, 0.6) is 0 Å². The van der Waals surface area contributed by atoms with Gasteiger partial charge in [-0.1, -0.05) is 18.5 Å². The largest absolute Gasteiger partial charge is 0.343 e. The predicted molar refractivity (Wildman–Crippen MR) is 108 cm³/mol. The number of anilines is 1. The molecule has 0 radical (unpaired) electrons. The average molecular weight is 445 g/mol. The number of alkyl halides is 2. The van der Waals surface area contributed by atoms with Crippen LogP contribution in [0.1, 0.15) is 31.2 Å². The Bertz CT molecular complexity index is 1030. The molecule has 0 amide bonds. The maximum absolute atomic E-state index is 15.1. The number of hydrogen-bond donors (Lipinski definition) is 0. The smallest absolute Gasteiger partial charge is 0.255 e. The fourth-order valence-electron chi connectivity index (χ4n) is 3.96. The molecule has 2 aliphatic heterocycles. The second kappa shape index (κ2) is 8.10. The average Bonchev–Trinajstić information content (AvgIpc) is 3.18. The summed E-state index contributed by atoms with van der Waals surface area (Å²) < 4.78 is 55.6. The first-order valence-electron chi connectivity index (χ1n) is 9.20. The van der Waals surface area contributed by atoms with E-state index in [1.165, 1.54) is 4.90 Å². The van der Waals surface area contributed by atoms with Crippen LogP contribution < -0.4 is 4.90 Å². The molecule has 1 aromatic carbocycles. The topological polar surface area (TPSA) is 41.4 Å². The van der Waals surface area contributed by atoms with Gasteiger partial charge in [0.1, 0.15) is 17.2 Å². The molecule has 2 aliphatic rings. The second-order valence-corrected chi connectivity index (χ2v) is 7.83. The Morgan fingerprint density at radius 3 is 2.76 bits per heavy atom. The zero-order chi connectivity index (χ0) is 20.7. The van der Waals surface area contributed by atoms with E-state index in [0.29, 0.717) is 37.1 Å². The number of aryl methyl sites for hydroxylation is 2. The maximum atomic E-state index is 15.1. The van der Waals surface area contributed by atoms with Crippen LogP contribution >= 0.6 is 23.7 Å². The number of aliphatic imine (C=N–C) groups is 1. The van der Waals surface area contributed by atoms with Crippen molar-refractivity contribution in [3.8, 4) is 0 Å². The highest BCUT2D eigenvalue weighted by Crippen LogP contribution is 2.45. The quantitative estimate of drug-likeness (QED) is 0.554. The molecule has 4 rings (SSSR count). The van der Waals surface area contributed by atoms with Gasteiger partial charge in [0.05, 0.1) is 40.0 Å². The van der Waals surface area contributed by atoms with Gasteiger partial charge in [-0.25, -0.2) is 23.1 Å². The first-order chi connectivity index (χ1) is 14.0. The van der Waals surface area contributed by atoms with E-state index in [0.717, 1.165) is 5.57 Å². The number of halogens is 5. The zero-order valence-corrected chi connectivity index (χ0v) is 17.0. The van der Waals surface area contributed by atoms with Crippen molar-refractivity contribution in [3.63, 3.8) is 0 Å². The fraction of sp³-hybridized carbons (Fsp3) is 0.421. The van der Waals surface area contributed by atoms with Crippen molar-refractivity contribution >= 4 is 46.7 Å². The molecule has 0 N–H and O–H groups in total. The van der Waals surface area contributed by atoms with Gasteiger partial charge in [-0.15, -0.1) is 0 Å². The molecule has 1 unspecified atom stereocenters. The fourth-order valence-corrected chi connectivity index (χ4v) is 4.68. The van der Waals surface area contributed by atoms with Crippen LogP contribution in [0, 0.1) is 5.82 Å². The Morgan fingerprint density at radius 1 is 1.34 bits per heavy atom. The van der Waals surface area contributed by atoms with Gasteiger partial charge in [-0.05, 0) is 24.0 Å². The number of nitrogens with zero attached hydrogens (tertiary/aromatic N) is 4. The SMILES string of the molecule is CCc1nc2c3c(c(Cl)c(SF)c(F)c3n1)CCC(C1=CN=CC1)N2CC(F)F. The van der Waals surface area contributed by atoms with Gasteiger partial charge in [-0.3, -0.25) is 4.99 Å². The molecule has 0 bridgehead atoms. The van der Waals surface area contributed by atoms with E-state index in [9.17, 15) is 12.7 Å². The standard InChI is InChI=1S/C19H17ClF4N4S/c1-2-13-26-17-14-10(15(20)18(29-24)16(17)23)3-4-11(9-5-6-25-7-9)28(8-12(21)22)19(14)27-13/h6-7,11-12H,2-5,8H2,1H3. The van der Waals surface area contributed by atoms with Gasteiger partial charge < -0.3 is 4.90 Å². The highest BCUT2D eigenvalue weighted by molar-refractivity contribution is 7.94. The lowest BCUT2D eigenvalue weighted by Crippen LogP contribution is -2.40. The third kappa shape index (κ3) is 3.48. The van der Waals surface area contributed by atoms with E-state index in [1.54, 1.807) is 19.3 Å². The third-order valence-electron chi connectivity index (χ3n) is 5.25. The van der Waals surface area contributed by atoms with Crippen LogP contribution in [0.3, 0.4) is 0 Å². The first-order valence-corrected chi connectivity index (χ1v) is 10.3. The normalized spacial score (nSPS) is 18.7. The molecule has 154 valence electrons. The zero-order valence-electron chi connectivity index (χ0n) is 15.4. The third-order valence-corrected chi connectivity index (χ3v) is 6.32. The molecule has 0 saturated heterocycles. The number of benzene rings is 1. The molecular formula is C19H17ClF4N4S. The maximum Gasteiger partial charge on any atom is 0.255 e. The Morgan fingerprint density at radius 2 is 2.14 bits per heavy atom. The summed E-state index contributed by atoms with van der Waals surface area (Å²) in [6, 6.07) is -0.401. The van der Waals surface area contributed by atoms with Crippen molar-refractivity contribution in [3.05, 3.63) is 34.0 Å². The molecule has 2 aromatic rings. The van der Waals surface area contributed by atoms with Crippen molar-refractivity contribution in [1.29, 1.82) is 0 Å². The van der Waals surface area contributed by atoms with Crippen molar-refractivity contribution in [1.82, 2.24) is 9.97 Å². The summed E-state index contributed by atoms with van der Waals surface area (Å²) in [7, 11) is 0. The summed E-state index contributed by atoms with van der Waals surface area (Å²) in [6.07, 6.45) is 2.47. The Hall–Kier alpha value is -1.87. The molecule has 1 atom stereocenters. The monoisotopic (exact) mass is 444 g/mol. The van der Waals surface area contributed by atoms with E-state index in [4.69, 9.17) is 11.6 Å². The molecule has 3 heterocycles. The lowest BCUT2D eigenvalue weighted by Gasteiger charge is -2.32. The van der Waals surface area contributed by atoms with Crippen molar-refractivity contribution in [2.24, 2.45) is 4.99 Å². The molecule has 10 heteroatoms. The van der Waals surface area contributed by atoms with Crippen LogP contribution in [0.15, 0.2) is 21.7 Å². The van der Waals surface area contributed by atoms with Crippen LogP contribution in [0.4, 0.5) is 22.9 Å². The molecule has 0 aliphatic carbocycles. The van der Waals surface area contributed by atoms with Gasteiger partial charge in [0, 0.05) is 25.3 Å². The number of hydrogen-bond acceptors (Lipinski definition) is 5. The van der Waals surface area contributed by atoms with Crippen molar-refractivity contribution in [2.75, 3.05) is 11.4 Å². The summed E-state index contributed by atoms with van der Waals surface area (Å²) in [5.74, 6) is -0.377. The summed E-state index contributed by atoms with van der Waals surface area (Å²) >= 11 is 6.07. The minimum Gasteiger partial charge on any atom is -0.343 e. The number of aromatic nitrogens is 2. The van der Waals surface area contributed by atoms with Crippen molar-refractivity contribution < 1.29 is 17.1 Å². The van der Waals surface area contributed by atoms with E-state index >= 15 is 4.39 Å². The van der Waals surface area contributed by atoms with Crippen molar-refractivity contribution in [2.45, 2.75) is 50.0 Å². The lowest BCUT2D eigenvalue weighted by molar-refractivity contribution is 0.152. The van der Waals surface area contributed by atoms with E-state index in [-0.39, 0.29) is 38.8 Å². The van der Waals surface area contributed by atoms with E-state index in [1.807, 2.05) is 0 Å². The summed E-state index contributed by atoms with van der Waals surface area (Å²) in [5.41, 5.74) is 1.28. The van der Waals surface area contributed by atoms with Crippen LogP contribution in [-0.2, 0) is 12.8 Å².